The summed E-state index contributed by atoms with van der Waals surface area (Å²) in [5, 5.41) is 19.2. The molecule has 7 N–H and O–H groups in total. The molecule has 0 saturated heterocycles. The van der Waals surface area contributed by atoms with E-state index in [1.54, 1.807) is 0 Å². The summed E-state index contributed by atoms with van der Waals surface area (Å²) in [6.07, 6.45) is -0.487. The van der Waals surface area contributed by atoms with Crippen LogP contribution < -0.4 is 11.1 Å². The third-order valence-corrected chi connectivity index (χ3v) is 1.68. The molecule has 0 aliphatic rings. The van der Waals surface area contributed by atoms with E-state index in [1.165, 1.54) is 6.92 Å². The maximum Gasteiger partial charge on any atom is 0.326 e. The van der Waals surface area contributed by atoms with E-state index in [-0.39, 0.29) is 18.3 Å². The molecule has 0 unspecified atom stereocenters. The second-order valence-electron chi connectivity index (χ2n) is 3.12. The quantitative estimate of drug-likeness (QED) is 0.414. The molecule has 0 heterocycles. The third kappa shape index (κ3) is 6.74. The second kappa shape index (κ2) is 7.60. The average molecular weight is 236 g/mol. The smallest absolute Gasteiger partial charge is 0.326 e. The number of nitrogens with one attached hydrogen (secondary N) is 1. The Morgan fingerprint density at radius 2 is 1.81 bits per heavy atom. The van der Waals surface area contributed by atoms with Crippen molar-refractivity contribution in [1.82, 2.24) is 5.32 Å². The van der Waals surface area contributed by atoms with Crippen molar-refractivity contribution in [3.63, 3.8) is 0 Å². The van der Waals surface area contributed by atoms with Gasteiger partial charge < -0.3 is 26.7 Å². The number of hydrogen-bond acceptors (Lipinski definition) is 4. The molecule has 0 rings (SSSR count). The molecule has 16 heavy (non-hydrogen) atoms. The van der Waals surface area contributed by atoms with Gasteiger partial charge in [0.05, 0.1) is 6.04 Å². The zero-order valence-electron chi connectivity index (χ0n) is 8.77. The van der Waals surface area contributed by atoms with Gasteiger partial charge >= 0.3 is 11.9 Å². The van der Waals surface area contributed by atoms with E-state index in [1.807, 2.05) is 0 Å². The standard InChI is InChI=1S/C8H14N2O5.H2O/c1-4(9)7(13)10-5(8(14)15)2-3-6(11)12;/h4-5H,2-3,9H2,1H3,(H,10,13)(H,11,12)(H,14,15);1H2/t4-,5-;/m0./s1. The number of carbonyl (C=O) groups excluding carboxylic acids is 1. The third-order valence-electron chi connectivity index (χ3n) is 1.68. The summed E-state index contributed by atoms with van der Waals surface area (Å²) in [5.41, 5.74) is 5.22. The highest BCUT2D eigenvalue weighted by Gasteiger charge is 2.21. The van der Waals surface area contributed by atoms with Crippen LogP contribution in [0.3, 0.4) is 0 Å². The van der Waals surface area contributed by atoms with Gasteiger partial charge in [-0.15, -0.1) is 0 Å². The molecular formula is C8H16N2O6. The molecule has 0 spiro atoms. The van der Waals surface area contributed by atoms with Gasteiger partial charge in [-0.2, -0.15) is 0 Å². The molecule has 0 aliphatic carbocycles. The van der Waals surface area contributed by atoms with Crippen LogP contribution in [0.2, 0.25) is 0 Å². The van der Waals surface area contributed by atoms with E-state index in [0.29, 0.717) is 0 Å². The average Bonchev–Trinajstić information content (AvgIpc) is 2.10. The predicted octanol–water partition coefficient (Wildman–Crippen LogP) is -2.06. The van der Waals surface area contributed by atoms with Crippen molar-refractivity contribution >= 4 is 17.8 Å². The number of nitrogens with two attached hydrogens (primary N) is 1. The molecule has 8 nitrogen and oxygen atoms in total. The maximum atomic E-state index is 11.1. The van der Waals surface area contributed by atoms with E-state index >= 15 is 0 Å². The van der Waals surface area contributed by atoms with Gasteiger partial charge in [0.2, 0.25) is 5.91 Å². The first-order chi connectivity index (χ1) is 6.84. The van der Waals surface area contributed by atoms with Crippen LogP contribution in [0.15, 0.2) is 0 Å². The molecular weight excluding hydrogens is 220 g/mol. The van der Waals surface area contributed by atoms with E-state index in [9.17, 15) is 14.4 Å². The van der Waals surface area contributed by atoms with Gasteiger partial charge in [0, 0.05) is 6.42 Å². The Morgan fingerprint density at radius 3 is 2.12 bits per heavy atom. The maximum absolute atomic E-state index is 11.1. The molecule has 0 bridgehead atoms. The Kier molecular flexibility index (Phi) is 7.96. The fourth-order valence-corrected chi connectivity index (χ4v) is 0.828. The van der Waals surface area contributed by atoms with Crippen LogP contribution in [0.5, 0.6) is 0 Å². The van der Waals surface area contributed by atoms with Crippen LogP contribution >= 0.6 is 0 Å². The fraction of sp³-hybridized carbons (Fsp3) is 0.625. The molecule has 0 aliphatic heterocycles. The zero-order valence-corrected chi connectivity index (χ0v) is 8.77. The lowest BCUT2D eigenvalue weighted by atomic mass is 10.1. The summed E-state index contributed by atoms with van der Waals surface area (Å²) >= 11 is 0. The highest BCUT2D eigenvalue weighted by atomic mass is 16.4. The summed E-state index contributed by atoms with van der Waals surface area (Å²) in [6.45, 7) is 1.41. The van der Waals surface area contributed by atoms with Crippen LogP contribution in [-0.4, -0.2) is 45.6 Å². The van der Waals surface area contributed by atoms with Crippen molar-refractivity contribution in [1.29, 1.82) is 0 Å². The lowest BCUT2D eigenvalue weighted by Gasteiger charge is -2.14. The van der Waals surface area contributed by atoms with Crippen LogP contribution in [0, 0.1) is 0 Å². The largest absolute Gasteiger partial charge is 0.481 e. The zero-order chi connectivity index (χ0) is 12.0. The van der Waals surface area contributed by atoms with E-state index in [2.05, 4.69) is 5.32 Å². The molecule has 0 saturated carbocycles. The first-order valence-electron chi connectivity index (χ1n) is 4.35. The van der Waals surface area contributed by atoms with Gasteiger partial charge in [0.25, 0.3) is 0 Å². The number of rotatable bonds is 6. The molecule has 1 amide bonds. The topological polar surface area (TPSA) is 161 Å². The Morgan fingerprint density at radius 1 is 1.31 bits per heavy atom. The predicted molar refractivity (Wildman–Crippen MR) is 53.7 cm³/mol. The summed E-state index contributed by atoms with van der Waals surface area (Å²) in [5.74, 6) is -3.01. The highest BCUT2D eigenvalue weighted by molar-refractivity contribution is 5.86. The minimum absolute atomic E-state index is 0. The SMILES string of the molecule is C[C@H](N)C(=O)N[C@@H](CCC(=O)O)C(=O)O.O. The first kappa shape index (κ1) is 16.7. The first-order valence-corrected chi connectivity index (χ1v) is 4.35. The Labute approximate surface area is 91.7 Å². The Bertz CT molecular complexity index is 265. The van der Waals surface area contributed by atoms with E-state index in [4.69, 9.17) is 15.9 Å². The molecule has 0 radical (unpaired) electrons. The number of carboxylic acids is 2. The summed E-state index contributed by atoms with van der Waals surface area (Å²) < 4.78 is 0. The number of aliphatic carboxylic acids is 2. The normalized spacial score (nSPS) is 13.1. The Balaban J connectivity index is 0. The van der Waals surface area contributed by atoms with Crippen molar-refractivity contribution in [2.75, 3.05) is 0 Å². The van der Waals surface area contributed by atoms with Gasteiger partial charge in [0.15, 0.2) is 0 Å². The molecule has 0 aromatic rings. The van der Waals surface area contributed by atoms with E-state index < -0.39 is 29.9 Å². The van der Waals surface area contributed by atoms with Crippen molar-refractivity contribution in [2.24, 2.45) is 5.73 Å². The summed E-state index contributed by atoms with van der Waals surface area (Å²) in [7, 11) is 0. The Hall–Kier alpha value is -1.67. The van der Waals surface area contributed by atoms with E-state index in [0.717, 1.165) is 0 Å². The fourth-order valence-electron chi connectivity index (χ4n) is 0.828. The number of carboxylic acid groups (broad SMARTS) is 2. The number of hydrogen-bond donors (Lipinski definition) is 4. The van der Waals surface area contributed by atoms with Crippen molar-refractivity contribution in [2.45, 2.75) is 31.8 Å². The minimum Gasteiger partial charge on any atom is -0.481 e. The lowest BCUT2D eigenvalue weighted by molar-refractivity contribution is -0.143. The van der Waals surface area contributed by atoms with Crippen molar-refractivity contribution in [3.8, 4) is 0 Å². The highest BCUT2D eigenvalue weighted by Crippen LogP contribution is 1.98. The second-order valence-corrected chi connectivity index (χ2v) is 3.12. The van der Waals surface area contributed by atoms with Crippen molar-refractivity contribution < 1.29 is 30.1 Å². The molecule has 2 atom stereocenters. The number of carbonyl (C=O) groups is 3. The molecule has 8 heteroatoms. The van der Waals surface area contributed by atoms with Crippen LogP contribution in [0.1, 0.15) is 19.8 Å². The van der Waals surface area contributed by atoms with Gasteiger partial charge in [-0.3, -0.25) is 9.59 Å². The molecule has 94 valence electrons. The van der Waals surface area contributed by atoms with Crippen molar-refractivity contribution in [3.05, 3.63) is 0 Å². The molecule has 0 aromatic heterocycles. The minimum atomic E-state index is -1.27. The van der Waals surface area contributed by atoms with Crippen LogP contribution in [-0.2, 0) is 14.4 Å². The van der Waals surface area contributed by atoms with Crippen LogP contribution in [0.4, 0.5) is 0 Å². The van der Waals surface area contributed by atoms with Gasteiger partial charge in [-0.05, 0) is 13.3 Å². The van der Waals surface area contributed by atoms with Gasteiger partial charge in [-0.25, -0.2) is 4.79 Å². The molecule has 0 fully saturated rings. The van der Waals surface area contributed by atoms with Crippen LogP contribution in [0.25, 0.3) is 0 Å². The number of amides is 1. The monoisotopic (exact) mass is 236 g/mol. The molecule has 0 aromatic carbocycles. The summed E-state index contributed by atoms with van der Waals surface area (Å²) in [4.78, 5) is 31.9. The van der Waals surface area contributed by atoms with Gasteiger partial charge in [-0.1, -0.05) is 0 Å². The summed E-state index contributed by atoms with van der Waals surface area (Å²) in [6, 6.07) is -2.03. The lowest BCUT2D eigenvalue weighted by Crippen LogP contribution is -2.47. The van der Waals surface area contributed by atoms with Gasteiger partial charge in [0.1, 0.15) is 6.04 Å².